The number of anilines is 2. The molecule has 2 aromatic carbocycles. The third kappa shape index (κ3) is 5.90. The summed E-state index contributed by atoms with van der Waals surface area (Å²) in [6.07, 6.45) is 2.52. The largest absolute Gasteiger partial charge is 0.397 e. The van der Waals surface area contributed by atoms with Crippen molar-refractivity contribution in [1.29, 1.82) is 0 Å². The van der Waals surface area contributed by atoms with Gasteiger partial charge < -0.3 is 31.6 Å². The van der Waals surface area contributed by atoms with E-state index in [-0.39, 0.29) is 5.43 Å². The lowest BCUT2D eigenvalue weighted by Crippen LogP contribution is -2.32. The Kier molecular flexibility index (Phi) is 8.68. The van der Waals surface area contributed by atoms with Gasteiger partial charge in [0.1, 0.15) is 5.82 Å². The molecule has 10 N–H and O–H groups in total. The van der Waals surface area contributed by atoms with Crippen LogP contribution in [0.4, 0.5) is 11.5 Å². The molecule has 0 fully saturated rings. The van der Waals surface area contributed by atoms with Crippen molar-refractivity contribution in [2.24, 2.45) is 28.4 Å². The molecule has 0 saturated heterocycles. The summed E-state index contributed by atoms with van der Waals surface area (Å²) in [5, 5.41) is 5.53. The molecule has 3 aromatic rings. The number of fused-ring (bicyclic) bond motifs is 1. The van der Waals surface area contributed by atoms with Crippen molar-refractivity contribution in [1.82, 2.24) is 10.4 Å². The van der Waals surface area contributed by atoms with Crippen molar-refractivity contribution in [3.8, 4) is 0 Å². The Balaban J connectivity index is 1.98. The summed E-state index contributed by atoms with van der Waals surface area (Å²) >= 11 is 0. The van der Waals surface area contributed by atoms with E-state index in [0.29, 0.717) is 58.2 Å². The minimum Gasteiger partial charge on any atom is -0.397 e. The van der Waals surface area contributed by atoms with E-state index >= 15 is 0 Å². The second-order valence-corrected chi connectivity index (χ2v) is 7.89. The Morgan fingerprint density at radius 3 is 2.57 bits per heavy atom. The fourth-order valence-electron chi connectivity index (χ4n) is 3.77. The van der Waals surface area contributed by atoms with Gasteiger partial charge in [0.05, 0.1) is 23.5 Å². The Labute approximate surface area is 203 Å². The number of H-pyrrole nitrogens is 1. The number of hydrazone groups is 1. The van der Waals surface area contributed by atoms with Gasteiger partial charge in [0.25, 0.3) is 0 Å². The van der Waals surface area contributed by atoms with E-state index in [1.165, 1.54) is 5.01 Å². The number of amidine groups is 1. The van der Waals surface area contributed by atoms with Crippen LogP contribution in [0.2, 0.25) is 0 Å². The van der Waals surface area contributed by atoms with E-state index in [9.17, 15) is 4.79 Å². The normalized spacial score (nSPS) is 12.1. The van der Waals surface area contributed by atoms with E-state index in [2.05, 4.69) is 27.3 Å². The molecule has 3 rings (SSSR count). The number of para-hydroxylation sites is 1. The fraction of sp³-hybridized carbons (Fsp3) is 0.250. The zero-order valence-electron chi connectivity index (χ0n) is 20.0. The monoisotopic (exact) mass is 479 g/mol. The Morgan fingerprint density at radius 2 is 1.94 bits per heavy atom. The number of hydrogen-bond donors (Lipinski definition) is 6. The molecule has 0 atom stereocenters. The first kappa shape index (κ1) is 25.6. The van der Waals surface area contributed by atoms with Crippen LogP contribution in [-0.4, -0.2) is 37.6 Å². The number of ether oxygens (including phenoxy) is 1. The molecule has 0 aliphatic heterocycles. The molecular weight excluding hydrogens is 446 g/mol. The SMILES string of the molecule is CCCN(CCOC)c1cc(=O)c2cccc(/C(N)=C/N(N)c3ccc(/C(=N/N)NN)cc3)c2[nH]1. The number of nitrogens with two attached hydrogens (primary N) is 4. The molecule has 0 amide bonds. The quantitative estimate of drug-likeness (QED) is 0.108. The second kappa shape index (κ2) is 11.9. The van der Waals surface area contributed by atoms with Gasteiger partial charge in [-0.15, -0.1) is 0 Å². The van der Waals surface area contributed by atoms with Crippen molar-refractivity contribution >= 4 is 33.9 Å². The molecule has 1 heterocycles. The molecule has 0 bridgehead atoms. The smallest absolute Gasteiger partial charge is 0.191 e. The maximum atomic E-state index is 12.9. The highest BCUT2D eigenvalue weighted by Gasteiger charge is 2.13. The van der Waals surface area contributed by atoms with Crippen LogP contribution < -0.4 is 44.0 Å². The maximum Gasteiger partial charge on any atom is 0.191 e. The first-order valence-electron chi connectivity index (χ1n) is 11.2. The van der Waals surface area contributed by atoms with Gasteiger partial charge in [0, 0.05) is 49.0 Å². The van der Waals surface area contributed by atoms with Crippen LogP contribution in [-0.2, 0) is 4.74 Å². The molecule has 186 valence electrons. The highest BCUT2D eigenvalue weighted by Crippen LogP contribution is 2.23. The molecule has 11 heteroatoms. The van der Waals surface area contributed by atoms with E-state index in [1.807, 2.05) is 6.07 Å². The van der Waals surface area contributed by atoms with E-state index in [0.717, 1.165) is 13.0 Å². The Hall–Kier alpha value is -4.06. The molecular formula is C24H33N9O2. The zero-order valence-corrected chi connectivity index (χ0v) is 20.0. The Morgan fingerprint density at radius 1 is 1.20 bits per heavy atom. The van der Waals surface area contributed by atoms with Gasteiger partial charge in [-0.2, -0.15) is 5.10 Å². The number of aromatic nitrogens is 1. The van der Waals surface area contributed by atoms with E-state index in [4.69, 9.17) is 28.0 Å². The summed E-state index contributed by atoms with van der Waals surface area (Å²) < 4.78 is 5.23. The van der Waals surface area contributed by atoms with Crippen LogP contribution in [0.5, 0.6) is 0 Å². The summed E-state index contributed by atoms with van der Waals surface area (Å²) in [5.74, 6) is 18.0. The number of benzene rings is 2. The molecule has 1 aromatic heterocycles. The predicted molar refractivity (Wildman–Crippen MR) is 142 cm³/mol. The molecule has 0 saturated carbocycles. The van der Waals surface area contributed by atoms with Crippen LogP contribution >= 0.6 is 0 Å². The topological polar surface area (TPSA) is 177 Å². The summed E-state index contributed by atoms with van der Waals surface area (Å²) in [6, 6.07) is 14.1. The van der Waals surface area contributed by atoms with Crippen molar-refractivity contribution in [2.45, 2.75) is 13.3 Å². The van der Waals surface area contributed by atoms with Crippen LogP contribution in [0, 0.1) is 0 Å². The average Bonchev–Trinajstić information content (AvgIpc) is 2.87. The summed E-state index contributed by atoms with van der Waals surface area (Å²) in [6.45, 7) is 4.07. The summed E-state index contributed by atoms with van der Waals surface area (Å²) in [4.78, 5) is 18.4. The molecule has 0 radical (unpaired) electrons. The zero-order chi connectivity index (χ0) is 25.4. The van der Waals surface area contributed by atoms with Crippen molar-refractivity contribution in [3.05, 3.63) is 76.1 Å². The molecule has 0 unspecified atom stereocenters. The number of pyridine rings is 1. The van der Waals surface area contributed by atoms with Crippen LogP contribution in [0.15, 0.2) is 64.6 Å². The molecule has 11 nitrogen and oxygen atoms in total. The van der Waals surface area contributed by atoms with E-state index in [1.54, 1.807) is 55.8 Å². The first-order valence-corrected chi connectivity index (χ1v) is 11.2. The molecule has 0 aliphatic rings. The average molecular weight is 480 g/mol. The highest BCUT2D eigenvalue weighted by atomic mass is 16.5. The van der Waals surface area contributed by atoms with Crippen molar-refractivity contribution in [2.75, 3.05) is 36.7 Å². The minimum absolute atomic E-state index is 0.0898. The maximum absolute atomic E-state index is 12.9. The first-order chi connectivity index (χ1) is 16.9. The number of aromatic amines is 1. The number of nitrogens with zero attached hydrogens (tertiary/aromatic N) is 3. The van der Waals surface area contributed by atoms with Gasteiger partial charge in [0.2, 0.25) is 0 Å². The standard InChI is InChI=1S/C24H33N9O2/c1-3-11-32(12-13-35-2)22-14-21(34)19-6-4-5-18(23(19)29-22)20(25)15-33(28)17-9-7-16(8-10-17)24(30-26)31-27/h4-10,14-15H,3,11-13,25-28H2,1-2H3,(H,29,34)(H,30,31)/b20-15-. The van der Waals surface area contributed by atoms with Crippen molar-refractivity contribution in [3.63, 3.8) is 0 Å². The van der Waals surface area contributed by atoms with Gasteiger partial charge in [-0.25, -0.2) is 11.7 Å². The number of hydrogen-bond acceptors (Lipinski definition) is 9. The second-order valence-electron chi connectivity index (χ2n) is 7.89. The summed E-state index contributed by atoms with van der Waals surface area (Å²) in [7, 11) is 1.66. The lowest BCUT2D eigenvalue weighted by molar-refractivity contribution is 0.205. The fourth-order valence-corrected chi connectivity index (χ4v) is 3.77. The van der Waals surface area contributed by atoms with Gasteiger partial charge in [-0.1, -0.05) is 19.1 Å². The number of nitrogens with one attached hydrogen (secondary N) is 2. The molecule has 35 heavy (non-hydrogen) atoms. The Bertz CT molecular complexity index is 1250. The molecule has 0 spiro atoms. The van der Waals surface area contributed by atoms with Crippen LogP contribution in [0.1, 0.15) is 24.5 Å². The number of rotatable bonds is 10. The van der Waals surface area contributed by atoms with Gasteiger partial charge >= 0.3 is 0 Å². The number of hydrazine groups is 2. The predicted octanol–water partition coefficient (Wildman–Crippen LogP) is 1.11. The summed E-state index contributed by atoms with van der Waals surface area (Å²) in [5.41, 5.74) is 11.9. The van der Waals surface area contributed by atoms with Crippen LogP contribution in [0.25, 0.3) is 16.6 Å². The molecule has 0 aliphatic carbocycles. The van der Waals surface area contributed by atoms with Crippen molar-refractivity contribution < 1.29 is 4.74 Å². The van der Waals surface area contributed by atoms with Gasteiger partial charge in [-0.3, -0.25) is 9.80 Å². The van der Waals surface area contributed by atoms with Gasteiger partial charge in [0.15, 0.2) is 11.3 Å². The highest BCUT2D eigenvalue weighted by molar-refractivity contribution is 5.98. The van der Waals surface area contributed by atoms with Gasteiger partial charge in [-0.05, 0) is 36.8 Å². The number of methoxy groups -OCH3 is 1. The third-order valence-electron chi connectivity index (χ3n) is 5.54. The lowest BCUT2D eigenvalue weighted by atomic mass is 10.1. The van der Waals surface area contributed by atoms with E-state index < -0.39 is 0 Å². The van der Waals surface area contributed by atoms with Crippen LogP contribution in [0.3, 0.4) is 0 Å². The lowest BCUT2D eigenvalue weighted by Gasteiger charge is -2.24. The third-order valence-corrected chi connectivity index (χ3v) is 5.54. The minimum atomic E-state index is -0.0898.